The van der Waals surface area contributed by atoms with Crippen LogP contribution in [0.1, 0.15) is 27.6 Å². The van der Waals surface area contributed by atoms with E-state index in [1.165, 1.54) is 0 Å². The summed E-state index contributed by atoms with van der Waals surface area (Å²) in [5.41, 5.74) is 3.66. The number of carbonyl (C=O) groups is 1. The van der Waals surface area contributed by atoms with E-state index in [9.17, 15) is 4.79 Å². The zero-order chi connectivity index (χ0) is 20.8. The van der Waals surface area contributed by atoms with E-state index < -0.39 is 0 Å². The van der Waals surface area contributed by atoms with Gasteiger partial charge in [-0.05, 0) is 41.0 Å². The van der Waals surface area contributed by atoms with E-state index in [2.05, 4.69) is 22.3 Å². The third kappa shape index (κ3) is 4.91. The maximum atomic E-state index is 12.3. The lowest BCUT2D eigenvalue weighted by atomic mass is 10.0. The Bertz CT molecular complexity index is 1100. The molecule has 0 radical (unpaired) electrons. The van der Waals surface area contributed by atoms with Crippen LogP contribution in [0.15, 0.2) is 83.4 Å². The van der Waals surface area contributed by atoms with Crippen molar-refractivity contribution in [1.82, 2.24) is 10.1 Å². The number of ether oxygens (including phenoxy) is 2. The van der Waals surface area contributed by atoms with Crippen LogP contribution in [0.5, 0.6) is 5.75 Å². The maximum absolute atomic E-state index is 12.3. The zero-order valence-electron chi connectivity index (χ0n) is 16.4. The molecule has 1 aromatic heterocycles. The molecule has 0 aliphatic heterocycles. The summed E-state index contributed by atoms with van der Waals surface area (Å²) in [6, 6.07) is 24.8. The number of hydrogen-bond donors (Lipinski definition) is 0. The van der Waals surface area contributed by atoms with Gasteiger partial charge in [0.1, 0.15) is 12.4 Å². The van der Waals surface area contributed by atoms with Crippen molar-refractivity contribution in [1.29, 1.82) is 0 Å². The summed E-state index contributed by atoms with van der Waals surface area (Å²) in [6.07, 6.45) is 0. The van der Waals surface area contributed by atoms with E-state index in [4.69, 9.17) is 14.0 Å². The summed E-state index contributed by atoms with van der Waals surface area (Å²) in [5.74, 6) is 1.17. The van der Waals surface area contributed by atoms with Crippen molar-refractivity contribution in [3.05, 3.63) is 102 Å². The van der Waals surface area contributed by atoms with Crippen LogP contribution in [-0.4, -0.2) is 16.1 Å². The number of aryl methyl sites for hydroxylation is 1. The van der Waals surface area contributed by atoms with Crippen LogP contribution in [0.25, 0.3) is 11.1 Å². The molecule has 150 valence electrons. The Morgan fingerprint density at radius 2 is 1.57 bits per heavy atom. The second kappa shape index (κ2) is 9.05. The van der Waals surface area contributed by atoms with Gasteiger partial charge < -0.3 is 14.0 Å². The first-order valence-electron chi connectivity index (χ1n) is 9.51. The van der Waals surface area contributed by atoms with E-state index in [0.717, 1.165) is 16.7 Å². The number of benzene rings is 3. The second-order valence-electron chi connectivity index (χ2n) is 6.68. The molecule has 0 N–H and O–H groups in total. The molecule has 4 rings (SSSR count). The lowest BCUT2D eigenvalue weighted by Gasteiger charge is -2.08. The van der Waals surface area contributed by atoms with Gasteiger partial charge in [-0.1, -0.05) is 59.8 Å². The van der Waals surface area contributed by atoms with Crippen LogP contribution in [0.3, 0.4) is 0 Å². The number of hydrogen-bond acceptors (Lipinski definition) is 6. The van der Waals surface area contributed by atoms with Crippen molar-refractivity contribution in [2.75, 3.05) is 0 Å². The molecule has 1 heterocycles. The predicted molar refractivity (Wildman–Crippen MR) is 111 cm³/mol. The van der Waals surface area contributed by atoms with Crippen LogP contribution in [0, 0.1) is 6.92 Å². The second-order valence-corrected chi connectivity index (χ2v) is 6.68. The lowest BCUT2D eigenvalue weighted by Crippen LogP contribution is -2.05. The summed E-state index contributed by atoms with van der Waals surface area (Å²) in [7, 11) is 0. The van der Waals surface area contributed by atoms with Crippen molar-refractivity contribution < 1.29 is 18.8 Å². The molecule has 4 aromatic rings. The van der Waals surface area contributed by atoms with Gasteiger partial charge >= 0.3 is 5.97 Å². The van der Waals surface area contributed by atoms with E-state index in [0.29, 0.717) is 23.0 Å². The molecule has 0 unspecified atom stereocenters. The minimum absolute atomic E-state index is 0.195. The van der Waals surface area contributed by atoms with Crippen molar-refractivity contribution in [2.24, 2.45) is 0 Å². The topological polar surface area (TPSA) is 74.5 Å². The Hall–Kier alpha value is -3.93. The van der Waals surface area contributed by atoms with E-state index in [1.807, 2.05) is 42.5 Å². The van der Waals surface area contributed by atoms with Gasteiger partial charge in [-0.3, -0.25) is 0 Å². The summed E-state index contributed by atoms with van der Waals surface area (Å²) < 4.78 is 15.9. The van der Waals surface area contributed by atoms with Gasteiger partial charge in [0, 0.05) is 6.92 Å². The van der Waals surface area contributed by atoms with Crippen LogP contribution in [0.4, 0.5) is 0 Å². The van der Waals surface area contributed by atoms with Gasteiger partial charge in [-0.2, -0.15) is 4.98 Å². The molecule has 6 nitrogen and oxygen atoms in total. The maximum Gasteiger partial charge on any atom is 0.338 e. The van der Waals surface area contributed by atoms with Crippen LogP contribution < -0.4 is 4.74 Å². The quantitative estimate of drug-likeness (QED) is 0.407. The Morgan fingerprint density at radius 1 is 0.867 bits per heavy atom. The Labute approximate surface area is 174 Å². The van der Waals surface area contributed by atoms with Crippen molar-refractivity contribution >= 4 is 5.97 Å². The fourth-order valence-electron chi connectivity index (χ4n) is 2.89. The molecule has 0 aliphatic rings. The predicted octanol–water partition coefficient (Wildman–Crippen LogP) is 4.98. The van der Waals surface area contributed by atoms with Crippen LogP contribution >= 0.6 is 0 Å². The average molecular weight is 400 g/mol. The smallest absolute Gasteiger partial charge is 0.338 e. The third-order valence-corrected chi connectivity index (χ3v) is 4.46. The minimum Gasteiger partial charge on any atom is -0.485 e. The van der Waals surface area contributed by atoms with Gasteiger partial charge in [0.25, 0.3) is 0 Å². The first-order chi connectivity index (χ1) is 14.7. The highest BCUT2D eigenvalue weighted by Gasteiger charge is 2.09. The van der Waals surface area contributed by atoms with E-state index in [-0.39, 0.29) is 19.2 Å². The molecule has 0 aliphatic carbocycles. The molecule has 0 spiro atoms. The molecule has 0 saturated carbocycles. The number of rotatable bonds is 7. The monoisotopic (exact) mass is 400 g/mol. The first-order valence-corrected chi connectivity index (χ1v) is 9.51. The summed E-state index contributed by atoms with van der Waals surface area (Å²) in [6.45, 7) is 2.12. The van der Waals surface area contributed by atoms with Gasteiger partial charge in [0.2, 0.25) is 11.7 Å². The summed E-state index contributed by atoms with van der Waals surface area (Å²) in [4.78, 5) is 16.4. The average Bonchev–Trinajstić information content (AvgIpc) is 3.22. The Kier molecular flexibility index (Phi) is 5.85. The normalized spacial score (nSPS) is 10.6. The van der Waals surface area contributed by atoms with Gasteiger partial charge in [0.05, 0.1) is 5.56 Å². The number of carbonyl (C=O) groups excluding carboxylic acids is 1. The zero-order valence-corrected chi connectivity index (χ0v) is 16.4. The number of nitrogens with zero attached hydrogens (tertiary/aromatic N) is 2. The molecule has 0 amide bonds. The summed E-state index contributed by atoms with van der Waals surface area (Å²) >= 11 is 0. The van der Waals surface area contributed by atoms with Crippen molar-refractivity contribution in [2.45, 2.75) is 20.1 Å². The van der Waals surface area contributed by atoms with Crippen molar-refractivity contribution in [3.63, 3.8) is 0 Å². The lowest BCUT2D eigenvalue weighted by molar-refractivity contribution is 0.0472. The molecule has 0 saturated heterocycles. The highest BCUT2D eigenvalue weighted by atomic mass is 16.5. The molecule has 30 heavy (non-hydrogen) atoms. The van der Waals surface area contributed by atoms with Crippen molar-refractivity contribution in [3.8, 4) is 16.9 Å². The third-order valence-electron chi connectivity index (χ3n) is 4.46. The molecule has 0 atom stereocenters. The SMILES string of the molecule is Cc1nc(COc2ccc(C(=O)OCc3ccc(-c4ccccc4)cc3)cc2)no1. The molecule has 0 bridgehead atoms. The Morgan fingerprint density at radius 3 is 2.23 bits per heavy atom. The molecular formula is C24H20N2O4. The standard InChI is InChI=1S/C24H20N2O4/c1-17-25-23(26-30-17)16-28-22-13-11-21(12-14-22)24(27)29-15-18-7-9-20(10-8-18)19-5-3-2-4-6-19/h2-14H,15-16H2,1H3. The number of esters is 1. The van der Waals surface area contributed by atoms with E-state index in [1.54, 1.807) is 31.2 Å². The van der Waals surface area contributed by atoms with E-state index >= 15 is 0 Å². The highest BCUT2D eigenvalue weighted by molar-refractivity contribution is 5.89. The highest BCUT2D eigenvalue weighted by Crippen LogP contribution is 2.20. The van der Waals surface area contributed by atoms with Crippen LogP contribution in [-0.2, 0) is 18.0 Å². The molecule has 6 heteroatoms. The number of aromatic nitrogens is 2. The molecule has 0 fully saturated rings. The fraction of sp³-hybridized carbons (Fsp3) is 0.125. The molecular weight excluding hydrogens is 380 g/mol. The van der Waals surface area contributed by atoms with Gasteiger partial charge in [-0.15, -0.1) is 0 Å². The summed E-state index contributed by atoms with van der Waals surface area (Å²) in [5, 5.41) is 3.77. The Balaban J connectivity index is 1.29. The van der Waals surface area contributed by atoms with Gasteiger partial charge in [0.15, 0.2) is 6.61 Å². The van der Waals surface area contributed by atoms with Crippen LogP contribution in [0.2, 0.25) is 0 Å². The first kappa shape index (κ1) is 19.4. The molecule has 3 aromatic carbocycles. The van der Waals surface area contributed by atoms with Gasteiger partial charge in [-0.25, -0.2) is 4.79 Å². The fourth-order valence-corrected chi connectivity index (χ4v) is 2.89. The largest absolute Gasteiger partial charge is 0.485 e. The minimum atomic E-state index is -0.387.